The van der Waals surface area contributed by atoms with Gasteiger partial charge in [0.1, 0.15) is 5.82 Å². The van der Waals surface area contributed by atoms with Crippen molar-refractivity contribution in [3.8, 4) is 5.82 Å². The summed E-state index contributed by atoms with van der Waals surface area (Å²) in [6.45, 7) is 7.84. The molecule has 6 rings (SSSR count). The quantitative estimate of drug-likeness (QED) is 0.499. The molecule has 1 aromatic carbocycles. The van der Waals surface area contributed by atoms with Crippen molar-refractivity contribution in [3.63, 3.8) is 0 Å². The lowest BCUT2D eigenvalue weighted by Crippen LogP contribution is -2.48. The van der Waals surface area contributed by atoms with Crippen molar-refractivity contribution in [1.82, 2.24) is 24.3 Å². The van der Waals surface area contributed by atoms with Crippen molar-refractivity contribution in [3.05, 3.63) is 42.7 Å². The van der Waals surface area contributed by atoms with Gasteiger partial charge >= 0.3 is 0 Å². The Hall–Kier alpha value is -3.17. The van der Waals surface area contributed by atoms with E-state index in [4.69, 9.17) is 4.98 Å². The minimum atomic E-state index is -0.134. The lowest BCUT2D eigenvalue weighted by atomic mass is 9.86. The van der Waals surface area contributed by atoms with Gasteiger partial charge in [-0.2, -0.15) is 4.98 Å². The fourth-order valence-corrected chi connectivity index (χ4v) is 6.46. The molecular weight excluding hydrogens is 490 g/mol. The SMILES string of the molecule is C.CC(=O)N1CCN(c2cccc3c2ccn3-c2ccnc(NC3CCC(CN4CC[C@@H](O)C4)CC3)n2)CC1. The number of benzene rings is 1. The first-order valence-electron chi connectivity index (χ1n) is 14.1. The van der Waals surface area contributed by atoms with Crippen molar-refractivity contribution in [2.45, 2.75) is 58.6 Å². The number of nitrogens with one attached hydrogen (secondary N) is 1. The molecule has 2 saturated heterocycles. The van der Waals surface area contributed by atoms with Crippen LogP contribution < -0.4 is 10.2 Å². The number of fused-ring (bicyclic) bond motifs is 1. The van der Waals surface area contributed by atoms with E-state index in [0.717, 1.165) is 82.3 Å². The van der Waals surface area contributed by atoms with Crippen LogP contribution in [0.15, 0.2) is 42.7 Å². The van der Waals surface area contributed by atoms with Crippen LogP contribution in [0.1, 0.15) is 46.5 Å². The Bertz CT molecular complexity index is 1260. The molecule has 3 fully saturated rings. The third kappa shape index (κ3) is 6.04. The topological polar surface area (TPSA) is 89.8 Å². The lowest BCUT2D eigenvalue weighted by Gasteiger charge is -2.36. The normalized spacial score (nSPS) is 24.1. The predicted octanol–water partition coefficient (Wildman–Crippen LogP) is 3.76. The smallest absolute Gasteiger partial charge is 0.224 e. The number of anilines is 2. The molecule has 4 heterocycles. The van der Waals surface area contributed by atoms with Gasteiger partial charge in [-0.25, -0.2) is 4.98 Å². The first kappa shape index (κ1) is 27.4. The molecule has 9 heteroatoms. The van der Waals surface area contributed by atoms with Gasteiger partial charge < -0.3 is 29.7 Å². The van der Waals surface area contributed by atoms with E-state index in [9.17, 15) is 9.90 Å². The number of aliphatic hydroxyl groups is 1. The highest BCUT2D eigenvalue weighted by Gasteiger charge is 2.27. The van der Waals surface area contributed by atoms with Gasteiger partial charge in [0.15, 0.2) is 0 Å². The number of nitrogens with zero attached hydrogens (tertiary/aromatic N) is 6. The third-order valence-electron chi connectivity index (χ3n) is 8.61. The van der Waals surface area contributed by atoms with E-state index in [1.54, 1.807) is 6.92 Å². The summed E-state index contributed by atoms with van der Waals surface area (Å²) in [5, 5.41) is 14.6. The Morgan fingerprint density at radius 3 is 2.54 bits per heavy atom. The second-order valence-electron chi connectivity index (χ2n) is 11.2. The van der Waals surface area contributed by atoms with Gasteiger partial charge in [0.05, 0.1) is 11.6 Å². The fraction of sp³-hybridized carbons (Fsp3) is 0.567. The zero-order valence-corrected chi connectivity index (χ0v) is 22.3. The van der Waals surface area contributed by atoms with E-state index >= 15 is 0 Å². The van der Waals surface area contributed by atoms with Gasteiger partial charge in [0.25, 0.3) is 0 Å². The summed E-state index contributed by atoms with van der Waals surface area (Å²) in [5.74, 6) is 2.42. The van der Waals surface area contributed by atoms with E-state index in [1.165, 1.54) is 23.9 Å². The molecule has 0 bridgehead atoms. The monoisotopic (exact) mass is 533 g/mol. The third-order valence-corrected chi connectivity index (χ3v) is 8.61. The molecule has 210 valence electrons. The molecule has 1 aliphatic carbocycles. The van der Waals surface area contributed by atoms with Crippen molar-refractivity contribution >= 4 is 28.4 Å². The summed E-state index contributed by atoms with van der Waals surface area (Å²) in [6.07, 6.45) is 9.37. The molecule has 0 unspecified atom stereocenters. The summed E-state index contributed by atoms with van der Waals surface area (Å²) in [5.41, 5.74) is 2.32. The zero-order valence-electron chi connectivity index (χ0n) is 22.3. The number of hydrogen-bond donors (Lipinski definition) is 2. The minimum absolute atomic E-state index is 0. The number of rotatable bonds is 6. The molecule has 2 N–H and O–H groups in total. The minimum Gasteiger partial charge on any atom is -0.392 e. The lowest BCUT2D eigenvalue weighted by molar-refractivity contribution is -0.129. The molecular formula is C30H43N7O2. The molecule has 1 amide bonds. The highest BCUT2D eigenvalue weighted by atomic mass is 16.3. The Labute approximate surface area is 231 Å². The molecule has 2 aliphatic heterocycles. The van der Waals surface area contributed by atoms with Crippen molar-refractivity contribution < 1.29 is 9.90 Å². The maximum Gasteiger partial charge on any atom is 0.224 e. The van der Waals surface area contributed by atoms with Crippen LogP contribution in [-0.4, -0.2) is 93.3 Å². The van der Waals surface area contributed by atoms with Crippen LogP contribution in [0, 0.1) is 5.92 Å². The standard InChI is InChI=1S/C29H39N7O2.CH4/c1-21(37)34-15-17-35(18-16-34)26-3-2-4-27-25(26)11-14-36(27)28-9-12-30-29(32-28)31-23-7-5-22(6-8-23)19-33-13-10-24(38)20-33;/h2-4,9,11-12,14,22-24,38H,5-8,10,13,15-20H2,1H3,(H,30,31,32);1H4/t22?,23?,24-;/m1./s1. The number of carbonyl (C=O) groups is 1. The number of likely N-dealkylation sites (tertiary alicyclic amines) is 1. The van der Waals surface area contributed by atoms with Gasteiger partial charge in [0.2, 0.25) is 11.9 Å². The van der Waals surface area contributed by atoms with E-state index in [2.05, 4.69) is 55.1 Å². The predicted molar refractivity (Wildman–Crippen MR) is 156 cm³/mol. The highest BCUT2D eigenvalue weighted by molar-refractivity contribution is 5.94. The summed E-state index contributed by atoms with van der Waals surface area (Å²) in [6, 6.07) is 10.9. The number of β-amino-alcohol motifs (C(OH)–C–C–N with tert-alkyl or cyclic N) is 1. The van der Waals surface area contributed by atoms with Crippen LogP contribution in [0.4, 0.5) is 11.6 Å². The molecule has 9 nitrogen and oxygen atoms in total. The first-order valence-corrected chi connectivity index (χ1v) is 14.1. The van der Waals surface area contributed by atoms with Gasteiger partial charge in [-0.3, -0.25) is 4.79 Å². The number of piperazine rings is 1. The number of amides is 1. The van der Waals surface area contributed by atoms with E-state index in [0.29, 0.717) is 12.0 Å². The van der Waals surface area contributed by atoms with Crippen LogP contribution in [0.5, 0.6) is 0 Å². The summed E-state index contributed by atoms with van der Waals surface area (Å²) < 4.78 is 2.14. The summed E-state index contributed by atoms with van der Waals surface area (Å²) in [4.78, 5) is 27.9. The molecule has 3 aromatic rings. The second-order valence-corrected chi connectivity index (χ2v) is 11.2. The fourth-order valence-electron chi connectivity index (χ4n) is 6.46. The molecule has 39 heavy (non-hydrogen) atoms. The molecule has 1 saturated carbocycles. The maximum absolute atomic E-state index is 11.7. The van der Waals surface area contributed by atoms with Crippen molar-refractivity contribution in [2.24, 2.45) is 5.92 Å². The number of aliphatic hydroxyl groups excluding tert-OH is 1. The summed E-state index contributed by atoms with van der Waals surface area (Å²) >= 11 is 0. The Kier molecular flexibility index (Phi) is 8.37. The average Bonchev–Trinajstić information content (AvgIpc) is 3.56. The maximum atomic E-state index is 11.7. The van der Waals surface area contributed by atoms with Crippen LogP contribution in [-0.2, 0) is 4.79 Å². The highest BCUT2D eigenvalue weighted by Crippen LogP contribution is 2.31. The largest absolute Gasteiger partial charge is 0.392 e. The van der Waals surface area contributed by atoms with E-state index in [-0.39, 0.29) is 19.4 Å². The molecule has 1 atom stereocenters. The van der Waals surface area contributed by atoms with E-state index in [1.807, 2.05) is 17.2 Å². The first-order chi connectivity index (χ1) is 18.5. The van der Waals surface area contributed by atoms with Gasteiger partial charge in [-0.05, 0) is 62.3 Å². The van der Waals surface area contributed by atoms with Gasteiger partial charge in [-0.15, -0.1) is 0 Å². The van der Waals surface area contributed by atoms with Crippen LogP contribution >= 0.6 is 0 Å². The van der Waals surface area contributed by atoms with Crippen LogP contribution in [0.3, 0.4) is 0 Å². The zero-order chi connectivity index (χ0) is 26.1. The molecule has 2 aromatic heterocycles. The van der Waals surface area contributed by atoms with Crippen LogP contribution in [0.25, 0.3) is 16.7 Å². The van der Waals surface area contributed by atoms with Gasteiger partial charge in [0, 0.05) is 82.2 Å². The average molecular weight is 534 g/mol. The van der Waals surface area contributed by atoms with Gasteiger partial charge in [-0.1, -0.05) is 13.5 Å². The van der Waals surface area contributed by atoms with Crippen molar-refractivity contribution in [2.75, 3.05) is 56.0 Å². The number of hydrogen-bond acceptors (Lipinski definition) is 7. The van der Waals surface area contributed by atoms with Crippen LogP contribution in [0.2, 0.25) is 0 Å². The Morgan fingerprint density at radius 1 is 1.03 bits per heavy atom. The van der Waals surface area contributed by atoms with E-state index < -0.39 is 0 Å². The van der Waals surface area contributed by atoms with Crippen molar-refractivity contribution in [1.29, 1.82) is 0 Å². The molecule has 0 spiro atoms. The summed E-state index contributed by atoms with van der Waals surface area (Å²) in [7, 11) is 0. The molecule has 0 radical (unpaired) electrons. The second kappa shape index (κ2) is 11.9. The Morgan fingerprint density at radius 2 is 1.82 bits per heavy atom. The number of carbonyl (C=O) groups excluding carboxylic acids is 1. The molecule has 3 aliphatic rings. The number of aromatic nitrogens is 3. The Balaban J connectivity index is 0.00000308.